The van der Waals surface area contributed by atoms with Crippen LogP contribution in [0.1, 0.15) is 29.8 Å². The van der Waals surface area contributed by atoms with Gasteiger partial charge in [0.25, 0.3) is 5.91 Å². The maximum atomic E-state index is 12.2. The molecule has 1 heterocycles. The number of aromatic amines is 1. The van der Waals surface area contributed by atoms with E-state index in [1.807, 2.05) is 30.3 Å². The number of carbonyl (C=O) groups excluding carboxylic acids is 1. The number of benzene rings is 2. The lowest BCUT2D eigenvalue weighted by atomic mass is 10.2. The highest BCUT2D eigenvalue weighted by Crippen LogP contribution is 2.23. The third kappa shape index (κ3) is 4.70. The third-order valence-electron chi connectivity index (χ3n) is 3.32. The number of imidazole rings is 1. The molecule has 3 aromatic rings. The number of fused-ring (bicyclic) bond motifs is 1. The summed E-state index contributed by atoms with van der Waals surface area (Å²) in [4.78, 5) is 20.0. The molecule has 7 heteroatoms. The molecule has 1 amide bonds. The van der Waals surface area contributed by atoms with Crippen LogP contribution in [0.4, 0.5) is 0 Å². The molecule has 0 bridgehead atoms. The fourth-order valence-corrected chi connectivity index (χ4v) is 3.22. The maximum absolute atomic E-state index is 12.2. The topological polar surface area (TPSA) is 70.1 Å². The lowest BCUT2D eigenvalue weighted by Gasteiger charge is -2.00. The highest BCUT2D eigenvalue weighted by atomic mass is 79.9. The van der Waals surface area contributed by atoms with Crippen LogP contribution in [0.15, 0.2) is 57.2 Å². The van der Waals surface area contributed by atoms with Crippen molar-refractivity contribution < 1.29 is 4.79 Å². The molecule has 128 valence electrons. The van der Waals surface area contributed by atoms with Crippen LogP contribution in [-0.4, -0.2) is 27.3 Å². The van der Waals surface area contributed by atoms with E-state index in [4.69, 9.17) is 0 Å². The van der Waals surface area contributed by atoms with Crippen molar-refractivity contribution in [2.45, 2.75) is 24.3 Å². The van der Waals surface area contributed by atoms with Crippen LogP contribution in [0.3, 0.4) is 0 Å². The molecule has 0 aliphatic heterocycles. The molecular formula is C18H17BrN4OS. The number of hydrazone groups is 1. The van der Waals surface area contributed by atoms with E-state index in [0.717, 1.165) is 26.2 Å². The average molecular weight is 417 g/mol. The molecule has 0 atom stereocenters. The van der Waals surface area contributed by atoms with Gasteiger partial charge >= 0.3 is 0 Å². The number of amides is 1. The van der Waals surface area contributed by atoms with E-state index >= 15 is 0 Å². The fraction of sp³-hybridized carbons (Fsp3) is 0.167. The van der Waals surface area contributed by atoms with Crippen molar-refractivity contribution >= 4 is 50.8 Å². The molecule has 2 aromatic carbocycles. The smallest absolute Gasteiger partial charge is 0.271 e. The van der Waals surface area contributed by atoms with Crippen molar-refractivity contribution in [1.82, 2.24) is 15.4 Å². The summed E-state index contributed by atoms with van der Waals surface area (Å²) in [5, 5.41) is 5.30. The van der Waals surface area contributed by atoms with Crippen LogP contribution in [0.25, 0.3) is 11.0 Å². The summed E-state index contributed by atoms with van der Waals surface area (Å²) < 4.78 is 0.997. The molecule has 0 aliphatic carbocycles. The van der Waals surface area contributed by atoms with E-state index in [0.29, 0.717) is 10.8 Å². The first kappa shape index (κ1) is 17.7. The lowest BCUT2D eigenvalue weighted by Crippen LogP contribution is -2.17. The van der Waals surface area contributed by atoms with Crippen LogP contribution in [0.2, 0.25) is 0 Å². The molecule has 0 saturated carbocycles. The highest BCUT2D eigenvalue weighted by Gasteiger charge is 2.09. The summed E-state index contributed by atoms with van der Waals surface area (Å²) in [5.74, 6) is -0.261. The van der Waals surface area contributed by atoms with Crippen molar-refractivity contribution in [3.8, 4) is 0 Å². The van der Waals surface area contributed by atoms with Gasteiger partial charge in [0.2, 0.25) is 0 Å². The number of rotatable bonds is 5. The summed E-state index contributed by atoms with van der Waals surface area (Å²) in [7, 11) is 0. The van der Waals surface area contributed by atoms with Crippen LogP contribution >= 0.6 is 27.7 Å². The maximum Gasteiger partial charge on any atom is 0.271 e. The van der Waals surface area contributed by atoms with Gasteiger partial charge in [-0.2, -0.15) is 5.10 Å². The Labute approximate surface area is 158 Å². The third-order valence-corrected chi connectivity index (χ3v) is 4.74. The van der Waals surface area contributed by atoms with Gasteiger partial charge in [0, 0.05) is 15.3 Å². The predicted molar refractivity (Wildman–Crippen MR) is 106 cm³/mol. The van der Waals surface area contributed by atoms with Crippen LogP contribution in [-0.2, 0) is 0 Å². The number of nitrogens with one attached hydrogen (secondary N) is 2. The average Bonchev–Trinajstić information content (AvgIpc) is 2.97. The van der Waals surface area contributed by atoms with Crippen molar-refractivity contribution in [1.29, 1.82) is 0 Å². The van der Waals surface area contributed by atoms with E-state index in [1.165, 1.54) is 0 Å². The number of hydrogen-bond acceptors (Lipinski definition) is 4. The molecular weight excluding hydrogens is 400 g/mol. The van der Waals surface area contributed by atoms with Crippen LogP contribution < -0.4 is 5.43 Å². The van der Waals surface area contributed by atoms with Gasteiger partial charge in [-0.3, -0.25) is 4.79 Å². The number of nitrogens with zero attached hydrogens (tertiary/aromatic N) is 2. The molecule has 0 aliphatic rings. The molecule has 0 spiro atoms. The minimum atomic E-state index is -0.261. The number of thioether (sulfide) groups is 1. The fourth-order valence-electron chi connectivity index (χ4n) is 2.19. The molecule has 1 aromatic heterocycles. The highest BCUT2D eigenvalue weighted by molar-refractivity contribution is 9.10. The Balaban J connectivity index is 1.70. The molecule has 0 unspecified atom stereocenters. The minimum absolute atomic E-state index is 0.261. The zero-order valence-corrected chi connectivity index (χ0v) is 16.2. The van der Waals surface area contributed by atoms with Crippen LogP contribution in [0.5, 0.6) is 0 Å². The molecule has 5 nitrogen and oxygen atoms in total. The first-order chi connectivity index (χ1) is 12.0. The molecule has 3 rings (SSSR count). The standard InChI is InChI=1S/C18H17BrN4OS/c1-11(2)25-18-21-15-8-5-13(9-16(15)22-18)17(24)23-20-10-12-3-6-14(19)7-4-12/h3-11H,1-2H3,(H,21,22)(H,23,24)/b20-10-. The predicted octanol–water partition coefficient (Wildman–Crippen LogP) is 4.59. The van der Waals surface area contributed by atoms with Gasteiger partial charge in [0.1, 0.15) is 0 Å². The second kappa shape index (κ2) is 7.84. The number of aromatic nitrogens is 2. The van der Waals surface area contributed by atoms with Gasteiger partial charge in [-0.05, 0) is 35.9 Å². The second-order valence-corrected chi connectivity index (χ2v) is 8.17. The second-order valence-electron chi connectivity index (χ2n) is 5.69. The lowest BCUT2D eigenvalue weighted by molar-refractivity contribution is 0.0955. The van der Waals surface area contributed by atoms with Crippen molar-refractivity contribution in [2.24, 2.45) is 5.10 Å². The van der Waals surface area contributed by atoms with E-state index in [-0.39, 0.29) is 5.91 Å². The van der Waals surface area contributed by atoms with Gasteiger partial charge in [0.15, 0.2) is 5.16 Å². The Morgan fingerprint density at radius 1 is 1.28 bits per heavy atom. The molecule has 0 fully saturated rings. The van der Waals surface area contributed by atoms with Gasteiger partial charge in [-0.1, -0.05) is 53.7 Å². The number of carbonyl (C=O) groups is 1. The molecule has 0 radical (unpaired) electrons. The normalized spacial score (nSPS) is 11.5. The quantitative estimate of drug-likeness (QED) is 0.363. The number of hydrogen-bond donors (Lipinski definition) is 2. The zero-order chi connectivity index (χ0) is 17.8. The SMILES string of the molecule is CC(C)Sc1nc2ccc(C(=O)N/N=C\c3ccc(Br)cc3)cc2[nH]1. The van der Waals surface area contributed by atoms with Crippen LogP contribution in [0, 0.1) is 0 Å². The molecule has 2 N–H and O–H groups in total. The Bertz CT molecular complexity index is 918. The van der Waals surface area contributed by atoms with Crippen molar-refractivity contribution in [3.05, 3.63) is 58.1 Å². The van der Waals surface area contributed by atoms with Gasteiger partial charge in [-0.15, -0.1) is 0 Å². The summed E-state index contributed by atoms with van der Waals surface area (Å²) in [5.41, 5.74) is 5.67. The zero-order valence-electron chi connectivity index (χ0n) is 13.8. The monoisotopic (exact) mass is 416 g/mol. The first-order valence-corrected chi connectivity index (χ1v) is 9.44. The number of H-pyrrole nitrogens is 1. The van der Waals surface area contributed by atoms with Gasteiger partial charge < -0.3 is 4.98 Å². The van der Waals surface area contributed by atoms with Crippen molar-refractivity contribution in [2.75, 3.05) is 0 Å². The number of halogens is 1. The Kier molecular flexibility index (Phi) is 5.55. The summed E-state index contributed by atoms with van der Waals surface area (Å²) in [6.45, 7) is 4.22. The van der Waals surface area contributed by atoms with E-state index in [1.54, 1.807) is 30.1 Å². The summed E-state index contributed by atoms with van der Waals surface area (Å²) in [6.07, 6.45) is 1.61. The Morgan fingerprint density at radius 2 is 2.04 bits per heavy atom. The first-order valence-electron chi connectivity index (χ1n) is 7.76. The molecule has 25 heavy (non-hydrogen) atoms. The summed E-state index contributed by atoms with van der Waals surface area (Å²) >= 11 is 5.03. The Morgan fingerprint density at radius 3 is 2.76 bits per heavy atom. The Hall–Kier alpha value is -2.12. The largest absolute Gasteiger partial charge is 0.333 e. The molecule has 0 saturated heterocycles. The van der Waals surface area contributed by atoms with Crippen molar-refractivity contribution in [3.63, 3.8) is 0 Å². The van der Waals surface area contributed by atoms with E-state index < -0.39 is 0 Å². The minimum Gasteiger partial charge on any atom is -0.333 e. The van der Waals surface area contributed by atoms with Gasteiger partial charge in [0.05, 0.1) is 17.2 Å². The summed E-state index contributed by atoms with van der Waals surface area (Å²) in [6, 6.07) is 13.0. The van der Waals surface area contributed by atoms with E-state index in [9.17, 15) is 4.79 Å². The van der Waals surface area contributed by atoms with E-state index in [2.05, 4.69) is 50.3 Å². The van der Waals surface area contributed by atoms with Gasteiger partial charge in [-0.25, -0.2) is 10.4 Å².